The van der Waals surface area contributed by atoms with Gasteiger partial charge >= 0.3 is 0 Å². The summed E-state index contributed by atoms with van der Waals surface area (Å²) in [6, 6.07) is 14.2. The molecule has 0 atom stereocenters. The van der Waals surface area contributed by atoms with Gasteiger partial charge in [0.1, 0.15) is 5.82 Å². The van der Waals surface area contributed by atoms with Crippen molar-refractivity contribution in [3.63, 3.8) is 0 Å². The Morgan fingerprint density at radius 3 is 2.55 bits per heavy atom. The van der Waals surface area contributed by atoms with Gasteiger partial charge in [-0.15, -0.1) is 0 Å². The monoisotopic (exact) mass is 361 g/mol. The van der Waals surface area contributed by atoms with Gasteiger partial charge in [-0.1, -0.05) is 34.1 Å². The van der Waals surface area contributed by atoms with Gasteiger partial charge in [0, 0.05) is 30.3 Å². The Morgan fingerprint density at radius 1 is 1.14 bits per heavy atom. The quantitative estimate of drug-likeness (QED) is 0.451. The lowest BCUT2D eigenvalue weighted by molar-refractivity contribution is 0.726. The highest BCUT2D eigenvalue weighted by Crippen LogP contribution is 2.16. The van der Waals surface area contributed by atoms with Crippen molar-refractivity contribution in [3.05, 3.63) is 58.7 Å². The number of anilines is 1. The third kappa shape index (κ3) is 5.37. The van der Waals surface area contributed by atoms with Gasteiger partial charge in [-0.05, 0) is 36.2 Å². The second kappa shape index (κ2) is 8.38. The van der Waals surface area contributed by atoms with Crippen molar-refractivity contribution >= 4 is 27.7 Å². The molecule has 2 aromatic rings. The van der Waals surface area contributed by atoms with E-state index in [1.165, 1.54) is 5.56 Å². The van der Waals surface area contributed by atoms with Gasteiger partial charge in [0.25, 0.3) is 0 Å². The van der Waals surface area contributed by atoms with Crippen LogP contribution in [0.3, 0.4) is 0 Å². The molecule has 0 radical (unpaired) electrons. The maximum Gasteiger partial charge on any atom is 0.185 e. The number of halogens is 1. The number of benzene rings is 1. The van der Waals surface area contributed by atoms with E-state index < -0.39 is 0 Å². The van der Waals surface area contributed by atoms with Gasteiger partial charge in [0.15, 0.2) is 5.96 Å². The number of hydrogen-bond donors (Lipinski definition) is 2. The lowest BCUT2D eigenvalue weighted by Gasteiger charge is -2.23. The van der Waals surface area contributed by atoms with E-state index in [-0.39, 0.29) is 5.96 Å². The fraction of sp³-hybridized carbons (Fsp3) is 0.250. The maximum absolute atomic E-state index is 5.36. The van der Waals surface area contributed by atoms with E-state index in [9.17, 15) is 0 Å². The van der Waals surface area contributed by atoms with E-state index in [2.05, 4.69) is 42.9 Å². The van der Waals surface area contributed by atoms with Crippen LogP contribution < -0.4 is 16.4 Å². The number of hydrogen-bond acceptors (Lipinski definition) is 3. The fourth-order valence-electron chi connectivity index (χ4n) is 2.10. The fourth-order valence-corrected chi connectivity index (χ4v) is 2.36. The number of guanidine groups is 1. The summed E-state index contributed by atoms with van der Waals surface area (Å²) in [7, 11) is 0. The summed E-state index contributed by atoms with van der Waals surface area (Å²) in [5, 5.41) is 0. The average molecular weight is 362 g/mol. The average Bonchev–Trinajstić information content (AvgIpc) is 2.53. The molecule has 0 unspecified atom stereocenters. The van der Waals surface area contributed by atoms with Crippen LogP contribution in [0.25, 0.3) is 0 Å². The Kier molecular flexibility index (Phi) is 6.21. The minimum absolute atomic E-state index is 0.136. The number of nitrogens with zero attached hydrogens (tertiary/aromatic N) is 3. The molecule has 0 amide bonds. The molecule has 1 aromatic carbocycles. The van der Waals surface area contributed by atoms with Crippen LogP contribution in [0.1, 0.15) is 12.0 Å². The van der Waals surface area contributed by atoms with Gasteiger partial charge in [-0.2, -0.15) is 0 Å². The molecule has 0 spiro atoms. The normalized spacial score (nSPS) is 10.2. The number of aliphatic imine (C=N–C) groups is 1. The van der Waals surface area contributed by atoms with Crippen LogP contribution in [0.15, 0.2) is 58.1 Å². The molecule has 4 N–H and O–H groups in total. The molecule has 1 aromatic heterocycles. The Hall–Kier alpha value is -2.08. The van der Waals surface area contributed by atoms with Crippen LogP contribution in [-0.2, 0) is 6.54 Å². The van der Waals surface area contributed by atoms with Gasteiger partial charge in [-0.3, -0.25) is 4.99 Å². The maximum atomic E-state index is 5.36. The summed E-state index contributed by atoms with van der Waals surface area (Å²) in [5.74, 6) is 1.09. The van der Waals surface area contributed by atoms with Crippen LogP contribution in [0.5, 0.6) is 0 Å². The second-order valence-electron chi connectivity index (χ2n) is 4.90. The topological polar surface area (TPSA) is 80.5 Å². The van der Waals surface area contributed by atoms with Gasteiger partial charge in [0.05, 0.1) is 0 Å². The summed E-state index contributed by atoms with van der Waals surface area (Å²) in [5.41, 5.74) is 11.9. The molecular weight excluding hydrogens is 342 g/mol. The Bertz CT molecular complexity index is 594. The van der Waals surface area contributed by atoms with Gasteiger partial charge in [-0.25, -0.2) is 4.98 Å². The minimum Gasteiger partial charge on any atom is -0.370 e. The molecule has 0 aliphatic rings. The van der Waals surface area contributed by atoms with E-state index in [1.807, 2.05) is 30.3 Å². The first-order valence-electron chi connectivity index (χ1n) is 7.11. The van der Waals surface area contributed by atoms with Crippen molar-refractivity contribution < 1.29 is 0 Å². The highest BCUT2D eigenvalue weighted by atomic mass is 79.9. The highest BCUT2D eigenvalue weighted by Gasteiger charge is 2.08. The Balaban J connectivity index is 2.04. The lowest BCUT2D eigenvalue weighted by Crippen LogP contribution is -2.26. The largest absolute Gasteiger partial charge is 0.370 e. The highest BCUT2D eigenvalue weighted by molar-refractivity contribution is 9.10. The van der Waals surface area contributed by atoms with Crippen LogP contribution >= 0.6 is 15.9 Å². The van der Waals surface area contributed by atoms with Crippen LogP contribution in [0.4, 0.5) is 5.82 Å². The Morgan fingerprint density at radius 2 is 1.91 bits per heavy atom. The van der Waals surface area contributed by atoms with E-state index in [0.717, 1.165) is 29.8 Å². The number of aromatic nitrogens is 1. The summed E-state index contributed by atoms with van der Waals surface area (Å²) >= 11 is 3.46. The van der Waals surface area contributed by atoms with Crippen LogP contribution in [0.2, 0.25) is 0 Å². The molecule has 116 valence electrons. The molecule has 0 aliphatic carbocycles. The zero-order chi connectivity index (χ0) is 15.8. The lowest BCUT2D eigenvalue weighted by atomic mass is 10.2. The molecule has 1 heterocycles. The molecule has 0 bridgehead atoms. The number of pyridine rings is 1. The number of rotatable bonds is 7. The van der Waals surface area contributed by atoms with Crippen molar-refractivity contribution in [2.75, 3.05) is 18.0 Å². The predicted molar refractivity (Wildman–Crippen MR) is 94.7 cm³/mol. The first-order valence-corrected chi connectivity index (χ1v) is 7.90. The third-order valence-corrected chi connectivity index (χ3v) is 3.67. The standard InChI is InChI=1S/C16H20BrN5/c17-14-7-5-13(6-8-14)12-22(11-3-10-21-16(18)19)15-4-1-2-9-20-15/h1-2,4-9H,3,10-12H2,(H4,18,19,21). The van der Waals surface area contributed by atoms with E-state index in [1.54, 1.807) is 6.20 Å². The molecule has 22 heavy (non-hydrogen) atoms. The summed E-state index contributed by atoms with van der Waals surface area (Å²) in [6.07, 6.45) is 2.67. The zero-order valence-electron chi connectivity index (χ0n) is 12.3. The van der Waals surface area contributed by atoms with Crippen molar-refractivity contribution in [3.8, 4) is 0 Å². The van der Waals surface area contributed by atoms with Crippen LogP contribution in [-0.4, -0.2) is 24.0 Å². The molecule has 0 aliphatic heterocycles. The molecule has 6 heteroatoms. The molecule has 0 saturated heterocycles. The number of nitrogens with two attached hydrogens (primary N) is 2. The summed E-state index contributed by atoms with van der Waals surface area (Å²) in [6.45, 7) is 2.25. The SMILES string of the molecule is NC(N)=NCCCN(Cc1ccc(Br)cc1)c1ccccn1. The smallest absolute Gasteiger partial charge is 0.185 e. The summed E-state index contributed by atoms with van der Waals surface area (Å²) in [4.78, 5) is 10.7. The Labute approximate surface area is 139 Å². The van der Waals surface area contributed by atoms with Crippen molar-refractivity contribution in [2.45, 2.75) is 13.0 Å². The first-order chi connectivity index (χ1) is 10.6. The van der Waals surface area contributed by atoms with Crippen molar-refractivity contribution in [1.29, 1.82) is 0 Å². The molecule has 0 saturated carbocycles. The van der Waals surface area contributed by atoms with E-state index in [0.29, 0.717) is 6.54 Å². The minimum atomic E-state index is 0.136. The van der Waals surface area contributed by atoms with Crippen molar-refractivity contribution in [1.82, 2.24) is 4.98 Å². The molecular formula is C16H20BrN5. The first kappa shape index (κ1) is 16.3. The second-order valence-corrected chi connectivity index (χ2v) is 5.81. The zero-order valence-corrected chi connectivity index (χ0v) is 13.9. The molecule has 0 fully saturated rings. The van der Waals surface area contributed by atoms with E-state index >= 15 is 0 Å². The van der Waals surface area contributed by atoms with Gasteiger partial charge in [0.2, 0.25) is 0 Å². The summed E-state index contributed by atoms with van der Waals surface area (Å²) < 4.78 is 1.08. The predicted octanol–water partition coefficient (Wildman–Crippen LogP) is 2.51. The molecule has 5 nitrogen and oxygen atoms in total. The van der Waals surface area contributed by atoms with E-state index in [4.69, 9.17) is 11.5 Å². The van der Waals surface area contributed by atoms with Crippen molar-refractivity contribution in [2.24, 2.45) is 16.5 Å². The molecule has 2 rings (SSSR count). The van der Waals surface area contributed by atoms with Crippen LogP contribution in [0, 0.1) is 0 Å². The third-order valence-electron chi connectivity index (χ3n) is 3.14. The van der Waals surface area contributed by atoms with Gasteiger partial charge < -0.3 is 16.4 Å².